The standard InChI is InChI=1S/C13H22N4/c1-9(2)13(5-6-13)7-15-12-10(3)11(14-4)16-8-17-12/h8-9H,5-7H2,1-4H3,(H2,14,15,16,17). The zero-order chi connectivity index (χ0) is 12.5. The summed E-state index contributed by atoms with van der Waals surface area (Å²) in [6.07, 6.45) is 4.28. The molecule has 0 radical (unpaired) electrons. The third-order valence-electron chi connectivity index (χ3n) is 4.05. The highest BCUT2D eigenvalue weighted by atomic mass is 15.1. The van der Waals surface area contributed by atoms with Gasteiger partial charge in [0.25, 0.3) is 0 Å². The summed E-state index contributed by atoms with van der Waals surface area (Å²) in [6.45, 7) is 7.68. The van der Waals surface area contributed by atoms with Gasteiger partial charge in [0.1, 0.15) is 18.0 Å². The van der Waals surface area contributed by atoms with Gasteiger partial charge in [-0.15, -0.1) is 0 Å². The van der Waals surface area contributed by atoms with Crippen LogP contribution in [-0.2, 0) is 0 Å². The number of rotatable bonds is 5. The van der Waals surface area contributed by atoms with Crippen molar-refractivity contribution in [1.82, 2.24) is 9.97 Å². The Kier molecular flexibility index (Phi) is 3.22. The SMILES string of the molecule is CNc1ncnc(NCC2(C(C)C)CC2)c1C. The third kappa shape index (κ3) is 2.35. The number of hydrogen-bond acceptors (Lipinski definition) is 4. The minimum atomic E-state index is 0.497. The molecule has 2 N–H and O–H groups in total. The number of nitrogens with zero attached hydrogens (tertiary/aromatic N) is 2. The predicted octanol–water partition coefficient (Wildman–Crippen LogP) is 2.67. The van der Waals surface area contributed by atoms with Gasteiger partial charge < -0.3 is 10.6 Å². The highest BCUT2D eigenvalue weighted by molar-refractivity contribution is 5.56. The molecule has 0 bridgehead atoms. The van der Waals surface area contributed by atoms with Crippen molar-refractivity contribution >= 4 is 11.6 Å². The van der Waals surface area contributed by atoms with Crippen LogP contribution in [0.4, 0.5) is 11.6 Å². The molecule has 0 amide bonds. The van der Waals surface area contributed by atoms with Crippen LogP contribution in [0.15, 0.2) is 6.33 Å². The molecular weight excluding hydrogens is 212 g/mol. The van der Waals surface area contributed by atoms with Gasteiger partial charge in [-0.1, -0.05) is 13.8 Å². The topological polar surface area (TPSA) is 49.8 Å². The van der Waals surface area contributed by atoms with E-state index in [1.54, 1.807) is 6.33 Å². The molecule has 94 valence electrons. The maximum atomic E-state index is 4.31. The molecule has 1 aromatic rings. The van der Waals surface area contributed by atoms with Crippen molar-refractivity contribution in [3.05, 3.63) is 11.9 Å². The normalized spacial score (nSPS) is 17.0. The summed E-state index contributed by atoms with van der Waals surface area (Å²) in [7, 11) is 1.88. The first-order valence-electron chi connectivity index (χ1n) is 6.32. The largest absolute Gasteiger partial charge is 0.373 e. The summed E-state index contributed by atoms with van der Waals surface area (Å²) in [4.78, 5) is 8.51. The Morgan fingerprint density at radius 2 is 1.94 bits per heavy atom. The van der Waals surface area contributed by atoms with E-state index < -0.39 is 0 Å². The average Bonchev–Trinajstić information content (AvgIpc) is 3.09. The quantitative estimate of drug-likeness (QED) is 0.822. The van der Waals surface area contributed by atoms with Crippen molar-refractivity contribution in [2.45, 2.75) is 33.6 Å². The second-order valence-electron chi connectivity index (χ2n) is 5.32. The molecule has 17 heavy (non-hydrogen) atoms. The fourth-order valence-electron chi connectivity index (χ4n) is 2.26. The summed E-state index contributed by atoms with van der Waals surface area (Å²) in [5.74, 6) is 2.59. The molecule has 2 rings (SSSR count). The molecule has 0 unspecified atom stereocenters. The molecule has 0 saturated heterocycles. The molecule has 0 aliphatic heterocycles. The van der Waals surface area contributed by atoms with Gasteiger partial charge in [0, 0.05) is 19.2 Å². The molecule has 1 aromatic heterocycles. The molecule has 1 heterocycles. The Balaban J connectivity index is 2.05. The Morgan fingerprint density at radius 3 is 2.47 bits per heavy atom. The number of aromatic nitrogens is 2. The third-order valence-corrected chi connectivity index (χ3v) is 4.05. The lowest BCUT2D eigenvalue weighted by atomic mass is 9.92. The highest BCUT2D eigenvalue weighted by Gasteiger charge is 2.45. The van der Waals surface area contributed by atoms with Crippen molar-refractivity contribution in [3.8, 4) is 0 Å². The minimum Gasteiger partial charge on any atom is -0.373 e. The summed E-state index contributed by atoms with van der Waals surface area (Å²) in [5, 5.41) is 6.56. The van der Waals surface area contributed by atoms with E-state index in [4.69, 9.17) is 0 Å². The van der Waals surface area contributed by atoms with E-state index in [0.29, 0.717) is 5.41 Å². The maximum Gasteiger partial charge on any atom is 0.134 e. The first-order valence-corrected chi connectivity index (χ1v) is 6.32. The smallest absolute Gasteiger partial charge is 0.134 e. The fourth-order valence-corrected chi connectivity index (χ4v) is 2.26. The molecule has 0 spiro atoms. The van der Waals surface area contributed by atoms with E-state index in [1.807, 2.05) is 14.0 Å². The van der Waals surface area contributed by atoms with Gasteiger partial charge in [-0.25, -0.2) is 9.97 Å². The first-order chi connectivity index (χ1) is 8.09. The fraction of sp³-hybridized carbons (Fsp3) is 0.692. The van der Waals surface area contributed by atoms with Crippen LogP contribution in [0.25, 0.3) is 0 Å². The van der Waals surface area contributed by atoms with Gasteiger partial charge in [0.15, 0.2) is 0 Å². The molecule has 4 heteroatoms. The monoisotopic (exact) mass is 234 g/mol. The van der Waals surface area contributed by atoms with E-state index >= 15 is 0 Å². The van der Waals surface area contributed by atoms with Crippen molar-refractivity contribution in [1.29, 1.82) is 0 Å². The lowest BCUT2D eigenvalue weighted by molar-refractivity contribution is 0.380. The van der Waals surface area contributed by atoms with Gasteiger partial charge in [0.2, 0.25) is 0 Å². The summed E-state index contributed by atoms with van der Waals surface area (Å²) in [6, 6.07) is 0. The summed E-state index contributed by atoms with van der Waals surface area (Å²) < 4.78 is 0. The van der Waals surface area contributed by atoms with Crippen LogP contribution in [0.5, 0.6) is 0 Å². The number of hydrogen-bond donors (Lipinski definition) is 2. The zero-order valence-electron chi connectivity index (χ0n) is 11.2. The summed E-state index contributed by atoms with van der Waals surface area (Å²) in [5.41, 5.74) is 1.59. The van der Waals surface area contributed by atoms with Crippen LogP contribution in [0.1, 0.15) is 32.3 Å². The van der Waals surface area contributed by atoms with E-state index in [9.17, 15) is 0 Å². The second kappa shape index (κ2) is 4.51. The lowest BCUT2D eigenvalue weighted by Gasteiger charge is -2.21. The van der Waals surface area contributed by atoms with Crippen molar-refractivity contribution in [2.75, 3.05) is 24.2 Å². The molecule has 4 nitrogen and oxygen atoms in total. The Morgan fingerprint density at radius 1 is 1.29 bits per heavy atom. The molecule has 1 aliphatic rings. The molecular formula is C13H22N4. The van der Waals surface area contributed by atoms with Crippen LogP contribution in [0.2, 0.25) is 0 Å². The van der Waals surface area contributed by atoms with Crippen molar-refractivity contribution in [3.63, 3.8) is 0 Å². The maximum absolute atomic E-state index is 4.31. The predicted molar refractivity (Wildman–Crippen MR) is 71.3 cm³/mol. The minimum absolute atomic E-state index is 0.497. The number of anilines is 2. The van der Waals surface area contributed by atoms with Crippen LogP contribution in [-0.4, -0.2) is 23.6 Å². The van der Waals surface area contributed by atoms with Crippen LogP contribution in [0, 0.1) is 18.3 Å². The molecule has 1 fully saturated rings. The van der Waals surface area contributed by atoms with Crippen LogP contribution >= 0.6 is 0 Å². The van der Waals surface area contributed by atoms with Gasteiger partial charge in [-0.05, 0) is 31.1 Å². The Bertz CT molecular complexity index is 396. The Labute approximate surface area is 103 Å². The molecule has 1 saturated carbocycles. The van der Waals surface area contributed by atoms with Gasteiger partial charge in [-0.2, -0.15) is 0 Å². The Hall–Kier alpha value is -1.32. The highest BCUT2D eigenvalue weighted by Crippen LogP contribution is 2.51. The van der Waals surface area contributed by atoms with E-state index in [0.717, 1.165) is 29.7 Å². The van der Waals surface area contributed by atoms with E-state index in [-0.39, 0.29) is 0 Å². The van der Waals surface area contributed by atoms with E-state index in [1.165, 1.54) is 12.8 Å². The van der Waals surface area contributed by atoms with E-state index in [2.05, 4.69) is 34.4 Å². The summed E-state index contributed by atoms with van der Waals surface area (Å²) >= 11 is 0. The van der Waals surface area contributed by atoms with Crippen molar-refractivity contribution < 1.29 is 0 Å². The van der Waals surface area contributed by atoms with Gasteiger partial charge >= 0.3 is 0 Å². The van der Waals surface area contributed by atoms with Crippen LogP contribution < -0.4 is 10.6 Å². The van der Waals surface area contributed by atoms with Gasteiger partial charge in [-0.3, -0.25) is 0 Å². The zero-order valence-corrected chi connectivity index (χ0v) is 11.2. The van der Waals surface area contributed by atoms with Gasteiger partial charge in [0.05, 0.1) is 0 Å². The molecule has 0 aromatic carbocycles. The molecule has 1 aliphatic carbocycles. The lowest BCUT2D eigenvalue weighted by Crippen LogP contribution is -2.22. The molecule has 0 atom stereocenters. The van der Waals surface area contributed by atoms with Crippen LogP contribution in [0.3, 0.4) is 0 Å². The average molecular weight is 234 g/mol. The second-order valence-corrected chi connectivity index (χ2v) is 5.32. The number of nitrogens with one attached hydrogen (secondary N) is 2. The van der Waals surface area contributed by atoms with Crippen molar-refractivity contribution in [2.24, 2.45) is 11.3 Å². The first kappa shape index (κ1) is 12.1.